The lowest BCUT2D eigenvalue weighted by molar-refractivity contribution is 0.212. The average Bonchev–Trinajstić information content (AvgIpc) is 2.26. The Balaban J connectivity index is 2.13. The maximum Gasteiger partial charge on any atom is 0.0356 e. The molecule has 1 nitrogen and oxygen atoms in total. The van der Waals surface area contributed by atoms with Crippen molar-refractivity contribution in [1.82, 2.24) is 0 Å². The molecule has 1 N–H and O–H groups in total. The molecule has 3 unspecified atom stereocenters. The number of nitrogens with one attached hydrogen (secondary N) is 1. The highest BCUT2D eigenvalue weighted by Gasteiger charge is 2.30. The topological polar surface area (TPSA) is 12.0 Å². The first kappa shape index (κ1) is 14.9. The van der Waals surface area contributed by atoms with Crippen LogP contribution in [0.25, 0.3) is 0 Å². The van der Waals surface area contributed by atoms with Gasteiger partial charge in [-0.15, -0.1) is 0 Å². The van der Waals surface area contributed by atoms with Crippen molar-refractivity contribution in [2.75, 3.05) is 5.32 Å². The second-order valence-corrected chi connectivity index (χ2v) is 7.51. The Hall–Kier alpha value is -0.500. The largest absolute Gasteiger partial charge is 0.382 e. The number of anilines is 1. The highest BCUT2D eigenvalue weighted by Crippen LogP contribution is 2.35. The highest BCUT2D eigenvalue weighted by atomic mass is 79.9. The maximum absolute atomic E-state index is 3.79. The number of halogens is 1. The van der Waals surface area contributed by atoms with Gasteiger partial charge in [-0.3, -0.25) is 0 Å². The molecule has 0 spiro atoms. The van der Waals surface area contributed by atoms with E-state index in [4.69, 9.17) is 0 Å². The molecule has 0 bridgehead atoms. The predicted octanol–water partition coefficient (Wildman–Crippen LogP) is 5.63. The lowest BCUT2D eigenvalue weighted by atomic mass is 9.74. The molecular weight excluding hydrogens is 298 g/mol. The summed E-state index contributed by atoms with van der Waals surface area (Å²) in [5.41, 5.74) is 2.57. The van der Waals surface area contributed by atoms with E-state index in [0.717, 1.165) is 17.8 Å². The van der Waals surface area contributed by atoms with Gasteiger partial charge in [-0.05, 0) is 61.3 Å². The summed E-state index contributed by atoms with van der Waals surface area (Å²) in [4.78, 5) is 0. The molecule has 0 saturated heterocycles. The van der Waals surface area contributed by atoms with Gasteiger partial charge in [-0.1, -0.05) is 43.1 Å². The molecule has 2 heteroatoms. The van der Waals surface area contributed by atoms with Crippen LogP contribution < -0.4 is 5.32 Å². The van der Waals surface area contributed by atoms with E-state index < -0.39 is 0 Å². The van der Waals surface area contributed by atoms with Crippen LogP contribution in [0.5, 0.6) is 0 Å². The Labute approximate surface area is 126 Å². The van der Waals surface area contributed by atoms with Crippen molar-refractivity contribution in [3.05, 3.63) is 28.2 Å². The van der Waals surface area contributed by atoms with Crippen LogP contribution in [0.4, 0.5) is 5.69 Å². The molecule has 2 rings (SSSR count). The summed E-state index contributed by atoms with van der Waals surface area (Å²) in [6.07, 6.45) is 4.05. The molecule has 106 valence electrons. The molecule has 0 aliphatic heterocycles. The van der Waals surface area contributed by atoms with Gasteiger partial charge in [0, 0.05) is 16.2 Å². The predicted molar refractivity (Wildman–Crippen MR) is 87.6 cm³/mol. The van der Waals surface area contributed by atoms with Crippen molar-refractivity contribution < 1.29 is 0 Å². The Kier molecular flexibility index (Phi) is 4.94. The molecule has 0 radical (unpaired) electrons. The van der Waals surface area contributed by atoms with Crippen molar-refractivity contribution in [2.45, 2.75) is 53.0 Å². The van der Waals surface area contributed by atoms with Gasteiger partial charge in [0.1, 0.15) is 0 Å². The van der Waals surface area contributed by atoms with E-state index in [9.17, 15) is 0 Å². The third kappa shape index (κ3) is 3.98. The van der Waals surface area contributed by atoms with Crippen molar-refractivity contribution in [3.8, 4) is 0 Å². The summed E-state index contributed by atoms with van der Waals surface area (Å²) in [7, 11) is 0. The van der Waals surface area contributed by atoms with Crippen molar-refractivity contribution >= 4 is 21.6 Å². The van der Waals surface area contributed by atoms with Crippen LogP contribution in [0.15, 0.2) is 22.7 Å². The first-order chi connectivity index (χ1) is 8.95. The minimum absolute atomic E-state index is 0.623. The Bertz CT molecular complexity index is 407. The fourth-order valence-electron chi connectivity index (χ4n) is 3.40. The molecule has 1 aliphatic rings. The second kappa shape index (κ2) is 6.30. The van der Waals surface area contributed by atoms with E-state index in [0.29, 0.717) is 6.04 Å². The number of hydrogen-bond donors (Lipinski definition) is 1. The fraction of sp³-hybridized carbons (Fsp3) is 0.647. The van der Waals surface area contributed by atoms with E-state index >= 15 is 0 Å². The smallest absolute Gasteiger partial charge is 0.0356 e. The van der Waals surface area contributed by atoms with Crippen LogP contribution in [0, 0.1) is 24.7 Å². The van der Waals surface area contributed by atoms with Crippen LogP contribution in [0.2, 0.25) is 0 Å². The zero-order valence-corrected chi connectivity index (χ0v) is 14.1. The molecule has 1 aromatic rings. The van der Waals surface area contributed by atoms with Gasteiger partial charge in [-0.25, -0.2) is 0 Å². The molecule has 1 fully saturated rings. The van der Waals surface area contributed by atoms with Crippen LogP contribution in [-0.4, -0.2) is 6.04 Å². The van der Waals surface area contributed by atoms with Gasteiger partial charge in [-0.2, -0.15) is 0 Å². The quantitative estimate of drug-likeness (QED) is 0.760. The third-order valence-corrected chi connectivity index (χ3v) is 4.87. The van der Waals surface area contributed by atoms with E-state index in [1.54, 1.807) is 0 Å². The molecule has 0 aromatic heterocycles. The Morgan fingerprint density at radius 1 is 1.21 bits per heavy atom. The van der Waals surface area contributed by atoms with Crippen LogP contribution in [0.1, 0.15) is 45.6 Å². The molecule has 1 aliphatic carbocycles. The first-order valence-electron chi connectivity index (χ1n) is 7.49. The van der Waals surface area contributed by atoms with Crippen molar-refractivity contribution in [1.29, 1.82) is 0 Å². The number of hydrogen-bond acceptors (Lipinski definition) is 1. The number of benzene rings is 1. The number of rotatable bonds is 3. The lowest BCUT2D eigenvalue weighted by Crippen LogP contribution is -2.37. The molecule has 1 saturated carbocycles. The Morgan fingerprint density at radius 3 is 2.58 bits per heavy atom. The first-order valence-corrected chi connectivity index (χ1v) is 8.28. The monoisotopic (exact) mass is 323 g/mol. The molecule has 1 aromatic carbocycles. The zero-order chi connectivity index (χ0) is 14.0. The molecule has 3 atom stereocenters. The van der Waals surface area contributed by atoms with Crippen molar-refractivity contribution in [3.63, 3.8) is 0 Å². The second-order valence-electron chi connectivity index (χ2n) is 6.59. The van der Waals surface area contributed by atoms with Gasteiger partial charge >= 0.3 is 0 Å². The SMILES string of the molecule is Cc1cc(Br)cc(NC2CC(C)CCC2C(C)C)c1. The highest BCUT2D eigenvalue weighted by molar-refractivity contribution is 9.10. The van der Waals surface area contributed by atoms with Gasteiger partial charge in [0.25, 0.3) is 0 Å². The summed E-state index contributed by atoms with van der Waals surface area (Å²) in [5.74, 6) is 2.41. The van der Waals surface area contributed by atoms with Gasteiger partial charge in [0.05, 0.1) is 0 Å². The summed E-state index contributed by atoms with van der Waals surface area (Å²) in [6.45, 7) is 9.26. The van der Waals surface area contributed by atoms with Gasteiger partial charge in [0.15, 0.2) is 0 Å². The van der Waals surface area contributed by atoms with Gasteiger partial charge < -0.3 is 5.32 Å². The standard InChI is InChI=1S/C17H26BrN/c1-11(2)16-6-5-12(3)9-17(16)19-15-8-13(4)7-14(18)10-15/h7-8,10-12,16-17,19H,5-6,9H2,1-4H3. The average molecular weight is 324 g/mol. The van der Waals surface area contributed by atoms with E-state index in [2.05, 4.69) is 67.1 Å². The van der Waals surface area contributed by atoms with Gasteiger partial charge in [0.2, 0.25) is 0 Å². The van der Waals surface area contributed by atoms with E-state index in [-0.39, 0.29) is 0 Å². The van der Waals surface area contributed by atoms with Crippen molar-refractivity contribution in [2.24, 2.45) is 17.8 Å². The number of aryl methyl sites for hydroxylation is 1. The molecule has 0 amide bonds. The molecular formula is C17H26BrN. The zero-order valence-electron chi connectivity index (χ0n) is 12.5. The minimum atomic E-state index is 0.623. The fourth-order valence-corrected chi connectivity index (χ4v) is 4.01. The minimum Gasteiger partial charge on any atom is -0.382 e. The summed E-state index contributed by atoms with van der Waals surface area (Å²) in [6, 6.07) is 7.23. The lowest BCUT2D eigenvalue weighted by Gasteiger charge is -2.38. The van der Waals surface area contributed by atoms with Crippen LogP contribution in [-0.2, 0) is 0 Å². The van der Waals surface area contributed by atoms with E-state index in [1.165, 1.54) is 35.0 Å². The summed E-state index contributed by atoms with van der Waals surface area (Å²) < 4.78 is 1.17. The maximum atomic E-state index is 3.79. The molecule has 19 heavy (non-hydrogen) atoms. The third-order valence-electron chi connectivity index (χ3n) is 4.42. The van der Waals surface area contributed by atoms with Crippen LogP contribution in [0.3, 0.4) is 0 Å². The summed E-state index contributed by atoms with van der Waals surface area (Å²) in [5, 5.41) is 3.79. The van der Waals surface area contributed by atoms with E-state index in [1.807, 2.05) is 0 Å². The van der Waals surface area contributed by atoms with Crippen LogP contribution >= 0.6 is 15.9 Å². The molecule has 0 heterocycles. The Morgan fingerprint density at radius 2 is 1.95 bits per heavy atom. The summed E-state index contributed by atoms with van der Waals surface area (Å²) >= 11 is 3.59. The normalized spacial score (nSPS) is 27.6.